The predicted octanol–water partition coefficient (Wildman–Crippen LogP) is 3.22. The number of sulfone groups is 1. The first-order chi connectivity index (χ1) is 10.8. The van der Waals surface area contributed by atoms with Crippen molar-refractivity contribution in [2.45, 2.75) is 24.8 Å². The van der Waals surface area contributed by atoms with Crippen LogP contribution in [0.4, 0.5) is 0 Å². The maximum absolute atomic E-state index is 12.5. The monoisotopic (exact) mass is 331 g/mol. The molecule has 0 spiro atoms. The van der Waals surface area contributed by atoms with Gasteiger partial charge in [0.25, 0.3) is 5.91 Å². The van der Waals surface area contributed by atoms with Gasteiger partial charge in [0, 0.05) is 11.8 Å². The summed E-state index contributed by atoms with van der Waals surface area (Å²) in [6.45, 7) is 4.07. The fourth-order valence-corrected chi connectivity index (χ4v) is 3.05. The first kappa shape index (κ1) is 17.2. The van der Waals surface area contributed by atoms with E-state index in [9.17, 15) is 13.2 Å². The van der Waals surface area contributed by atoms with E-state index in [1.165, 1.54) is 12.1 Å². The van der Waals surface area contributed by atoms with Crippen LogP contribution in [0.1, 0.15) is 35.8 Å². The summed E-state index contributed by atoms with van der Waals surface area (Å²) in [5.41, 5.74) is 1.37. The van der Waals surface area contributed by atoms with Crippen molar-refractivity contribution in [3.05, 3.63) is 65.7 Å². The molecule has 1 atom stereocenters. The van der Waals surface area contributed by atoms with Gasteiger partial charge < -0.3 is 5.32 Å². The Morgan fingerprint density at radius 1 is 1.00 bits per heavy atom. The Morgan fingerprint density at radius 3 is 2.22 bits per heavy atom. The third-order valence-electron chi connectivity index (χ3n) is 3.64. The summed E-state index contributed by atoms with van der Waals surface area (Å²) in [5.74, 6) is -0.0718. The zero-order valence-electron chi connectivity index (χ0n) is 13.5. The molecule has 2 rings (SSSR count). The molecule has 0 aliphatic carbocycles. The van der Waals surface area contributed by atoms with Crippen LogP contribution in [0.25, 0.3) is 0 Å². The Morgan fingerprint density at radius 2 is 1.65 bits per heavy atom. The van der Waals surface area contributed by atoms with E-state index in [1.54, 1.807) is 12.1 Å². The first-order valence-corrected chi connectivity index (χ1v) is 9.34. The minimum atomic E-state index is -3.34. The van der Waals surface area contributed by atoms with E-state index >= 15 is 0 Å². The zero-order valence-corrected chi connectivity index (χ0v) is 14.3. The van der Waals surface area contributed by atoms with Gasteiger partial charge in [0.15, 0.2) is 9.84 Å². The molecule has 0 heterocycles. The van der Waals surface area contributed by atoms with Crippen LogP contribution in [0.2, 0.25) is 0 Å². The molecule has 2 aromatic rings. The highest BCUT2D eigenvalue weighted by atomic mass is 32.2. The Hall–Kier alpha value is -2.14. The highest BCUT2D eigenvalue weighted by Gasteiger charge is 2.19. The van der Waals surface area contributed by atoms with Crippen molar-refractivity contribution in [3.8, 4) is 0 Å². The van der Waals surface area contributed by atoms with Crippen LogP contribution < -0.4 is 5.32 Å². The topological polar surface area (TPSA) is 63.2 Å². The summed E-state index contributed by atoms with van der Waals surface area (Å²) in [5, 5.41) is 2.99. The second-order valence-electron chi connectivity index (χ2n) is 5.91. The van der Waals surface area contributed by atoms with Crippen LogP contribution in [0.5, 0.6) is 0 Å². The minimum Gasteiger partial charge on any atom is -0.345 e. The number of carbonyl (C=O) groups is 1. The second kappa shape index (κ2) is 6.96. The predicted molar refractivity (Wildman–Crippen MR) is 91.0 cm³/mol. The summed E-state index contributed by atoms with van der Waals surface area (Å²) in [7, 11) is -3.34. The molecule has 122 valence electrons. The van der Waals surface area contributed by atoms with Crippen LogP contribution in [-0.2, 0) is 9.84 Å². The van der Waals surface area contributed by atoms with Gasteiger partial charge in [-0.3, -0.25) is 4.79 Å². The molecule has 1 N–H and O–H groups in total. The van der Waals surface area contributed by atoms with E-state index in [1.807, 2.05) is 44.2 Å². The lowest BCUT2D eigenvalue weighted by Gasteiger charge is -2.23. The van der Waals surface area contributed by atoms with E-state index in [0.29, 0.717) is 5.56 Å². The maximum Gasteiger partial charge on any atom is 0.251 e. The third kappa shape index (κ3) is 4.42. The summed E-state index contributed by atoms with van der Waals surface area (Å²) in [4.78, 5) is 12.7. The van der Waals surface area contributed by atoms with Crippen LogP contribution in [0.3, 0.4) is 0 Å². The van der Waals surface area contributed by atoms with Crippen molar-refractivity contribution in [3.63, 3.8) is 0 Å². The third-order valence-corrected chi connectivity index (χ3v) is 4.75. The van der Waals surface area contributed by atoms with Gasteiger partial charge in [0.2, 0.25) is 0 Å². The van der Waals surface area contributed by atoms with Crippen molar-refractivity contribution in [1.82, 2.24) is 5.32 Å². The van der Waals surface area contributed by atoms with Crippen molar-refractivity contribution in [2.75, 3.05) is 6.26 Å². The van der Waals surface area contributed by atoms with Crippen LogP contribution in [0, 0.1) is 5.92 Å². The Labute approximate surface area is 137 Å². The molecule has 0 saturated carbocycles. The normalized spacial score (nSPS) is 12.9. The van der Waals surface area contributed by atoms with Crippen LogP contribution >= 0.6 is 0 Å². The van der Waals surface area contributed by atoms with Gasteiger partial charge in [-0.2, -0.15) is 0 Å². The molecule has 0 aliphatic heterocycles. The Balaban J connectivity index is 2.27. The fraction of sp³-hybridized carbons (Fsp3) is 0.278. The van der Waals surface area contributed by atoms with Gasteiger partial charge in [-0.25, -0.2) is 8.42 Å². The summed E-state index contributed by atoms with van der Waals surface area (Å²) in [6.07, 6.45) is 1.13. The summed E-state index contributed by atoms with van der Waals surface area (Å²) in [6, 6.07) is 15.7. The number of carbonyl (C=O) groups excluding carboxylic acids is 1. The smallest absolute Gasteiger partial charge is 0.251 e. The molecular formula is C18H21NO3S. The molecule has 0 aromatic heterocycles. The lowest BCUT2D eigenvalue weighted by Crippen LogP contribution is -2.31. The molecular weight excluding hydrogens is 310 g/mol. The number of hydrogen-bond donors (Lipinski definition) is 1. The molecule has 0 fully saturated rings. The number of nitrogens with one attached hydrogen (secondary N) is 1. The average Bonchev–Trinajstić information content (AvgIpc) is 2.52. The molecule has 23 heavy (non-hydrogen) atoms. The lowest BCUT2D eigenvalue weighted by atomic mass is 9.95. The minimum absolute atomic E-state index is 0.134. The molecule has 4 nitrogen and oxygen atoms in total. The molecule has 0 saturated heterocycles. The highest BCUT2D eigenvalue weighted by molar-refractivity contribution is 7.90. The van der Waals surface area contributed by atoms with E-state index in [4.69, 9.17) is 0 Å². The standard InChI is InChI=1S/C18H21NO3S/c1-13(2)17(14-8-5-4-6-9-14)19-18(20)15-10-7-11-16(12-15)23(3,21)22/h4-13,17H,1-3H3,(H,19,20). The molecule has 0 radical (unpaired) electrons. The van der Waals surface area contributed by atoms with Gasteiger partial charge in [-0.05, 0) is 29.7 Å². The largest absolute Gasteiger partial charge is 0.345 e. The molecule has 2 aromatic carbocycles. The van der Waals surface area contributed by atoms with E-state index in [0.717, 1.165) is 11.8 Å². The molecule has 1 amide bonds. The van der Waals surface area contributed by atoms with Crippen LogP contribution in [-0.4, -0.2) is 20.6 Å². The van der Waals surface area contributed by atoms with Crippen molar-refractivity contribution in [1.29, 1.82) is 0 Å². The maximum atomic E-state index is 12.5. The van der Waals surface area contributed by atoms with Gasteiger partial charge in [-0.1, -0.05) is 50.2 Å². The average molecular weight is 331 g/mol. The molecule has 1 unspecified atom stereocenters. The van der Waals surface area contributed by atoms with Gasteiger partial charge >= 0.3 is 0 Å². The number of amides is 1. The SMILES string of the molecule is CC(C)C(NC(=O)c1cccc(S(C)(=O)=O)c1)c1ccccc1. The lowest BCUT2D eigenvalue weighted by molar-refractivity contribution is 0.0925. The quantitative estimate of drug-likeness (QED) is 0.915. The molecule has 0 aliphatic rings. The summed E-state index contributed by atoms with van der Waals surface area (Å²) >= 11 is 0. The van der Waals surface area contributed by atoms with Crippen molar-refractivity contribution in [2.24, 2.45) is 5.92 Å². The number of rotatable bonds is 5. The van der Waals surface area contributed by atoms with Gasteiger partial charge in [0.05, 0.1) is 10.9 Å². The number of benzene rings is 2. The van der Waals surface area contributed by atoms with Crippen molar-refractivity contribution < 1.29 is 13.2 Å². The highest BCUT2D eigenvalue weighted by Crippen LogP contribution is 2.22. The van der Waals surface area contributed by atoms with E-state index in [2.05, 4.69) is 5.32 Å². The zero-order chi connectivity index (χ0) is 17.0. The van der Waals surface area contributed by atoms with E-state index in [-0.39, 0.29) is 22.8 Å². The Bertz CT molecular complexity index is 783. The summed E-state index contributed by atoms with van der Waals surface area (Å²) < 4.78 is 23.3. The second-order valence-corrected chi connectivity index (χ2v) is 7.92. The molecule has 0 bridgehead atoms. The number of hydrogen-bond acceptors (Lipinski definition) is 3. The first-order valence-electron chi connectivity index (χ1n) is 7.45. The van der Waals surface area contributed by atoms with Crippen molar-refractivity contribution >= 4 is 15.7 Å². The van der Waals surface area contributed by atoms with Crippen LogP contribution in [0.15, 0.2) is 59.5 Å². The fourth-order valence-electron chi connectivity index (χ4n) is 2.39. The molecule has 5 heteroatoms. The van der Waals surface area contributed by atoms with Gasteiger partial charge in [0.1, 0.15) is 0 Å². The van der Waals surface area contributed by atoms with Gasteiger partial charge in [-0.15, -0.1) is 0 Å². The van der Waals surface area contributed by atoms with E-state index < -0.39 is 9.84 Å². The Kier molecular flexibility index (Phi) is 5.21.